The van der Waals surface area contributed by atoms with Crippen molar-refractivity contribution >= 4 is 17.7 Å². The molecule has 1 aliphatic rings. The quantitative estimate of drug-likeness (QED) is 0.725. The Hall–Kier alpha value is -1.93. The van der Waals surface area contributed by atoms with E-state index in [1.165, 1.54) is 11.8 Å². The first-order chi connectivity index (χ1) is 11.8. The molecule has 1 aliphatic heterocycles. The van der Waals surface area contributed by atoms with Crippen molar-refractivity contribution < 1.29 is 9.53 Å². The van der Waals surface area contributed by atoms with Crippen LogP contribution in [0, 0.1) is 0 Å². The third-order valence-electron chi connectivity index (χ3n) is 3.80. The molecule has 1 saturated heterocycles. The zero-order valence-electron chi connectivity index (χ0n) is 13.4. The number of amides is 1. The number of thioether (sulfide) groups is 1. The van der Waals surface area contributed by atoms with Crippen LogP contribution in [0.25, 0.3) is 0 Å². The van der Waals surface area contributed by atoms with Gasteiger partial charge in [-0.1, -0.05) is 17.8 Å². The Balaban J connectivity index is 1.42. The summed E-state index contributed by atoms with van der Waals surface area (Å²) in [4.78, 5) is 16.2. The highest BCUT2D eigenvalue weighted by molar-refractivity contribution is 7.99. The van der Waals surface area contributed by atoms with Gasteiger partial charge in [0.2, 0.25) is 5.91 Å². The maximum Gasteiger partial charge on any atom is 0.230 e. The molecular formula is C16H21N5O2S. The second-order valence-corrected chi connectivity index (χ2v) is 6.55. The first kappa shape index (κ1) is 16.9. The molecule has 24 heavy (non-hydrogen) atoms. The van der Waals surface area contributed by atoms with Crippen molar-refractivity contribution in [2.45, 2.75) is 37.1 Å². The zero-order valence-corrected chi connectivity index (χ0v) is 14.2. The summed E-state index contributed by atoms with van der Waals surface area (Å²) in [5.74, 6) is 0.324. The van der Waals surface area contributed by atoms with E-state index in [2.05, 4.69) is 20.5 Å². The molecule has 1 N–H and O–H groups in total. The third kappa shape index (κ3) is 5.04. The average Bonchev–Trinajstić information content (AvgIpc) is 3.29. The van der Waals surface area contributed by atoms with Gasteiger partial charge in [-0.05, 0) is 25.0 Å². The normalized spacial score (nSPS) is 17.1. The van der Waals surface area contributed by atoms with E-state index in [0.29, 0.717) is 12.3 Å². The van der Waals surface area contributed by atoms with Gasteiger partial charge in [-0.2, -0.15) is 0 Å². The van der Waals surface area contributed by atoms with E-state index < -0.39 is 0 Å². The minimum Gasteiger partial charge on any atom is -0.376 e. The first-order valence-corrected chi connectivity index (χ1v) is 9.08. The highest BCUT2D eigenvalue weighted by Crippen LogP contribution is 2.15. The number of hydrogen-bond acceptors (Lipinski definition) is 6. The molecule has 0 radical (unpaired) electrons. The number of carbonyl (C=O) groups excluding carboxylic acids is 1. The van der Waals surface area contributed by atoms with Crippen molar-refractivity contribution in [1.29, 1.82) is 0 Å². The van der Waals surface area contributed by atoms with Crippen LogP contribution in [0.5, 0.6) is 0 Å². The molecular weight excluding hydrogens is 326 g/mol. The number of aryl methyl sites for hydroxylation is 2. The van der Waals surface area contributed by atoms with Crippen molar-refractivity contribution in [3.05, 3.63) is 36.4 Å². The monoisotopic (exact) mass is 347 g/mol. The molecule has 0 bridgehead atoms. The fourth-order valence-corrected chi connectivity index (χ4v) is 3.28. The van der Waals surface area contributed by atoms with Gasteiger partial charge in [-0.3, -0.25) is 9.78 Å². The smallest absolute Gasteiger partial charge is 0.230 e. The van der Waals surface area contributed by atoms with Crippen LogP contribution in [0.4, 0.5) is 0 Å². The summed E-state index contributed by atoms with van der Waals surface area (Å²) in [6.45, 7) is 2.13. The van der Waals surface area contributed by atoms with Gasteiger partial charge in [0.25, 0.3) is 0 Å². The predicted molar refractivity (Wildman–Crippen MR) is 90.7 cm³/mol. The van der Waals surface area contributed by atoms with E-state index in [-0.39, 0.29) is 12.0 Å². The van der Waals surface area contributed by atoms with Gasteiger partial charge in [0.15, 0.2) is 5.16 Å². The summed E-state index contributed by atoms with van der Waals surface area (Å²) in [5, 5.41) is 11.7. The van der Waals surface area contributed by atoms with E-state index in [1.807, 2.05) is 22.8 Å². The van der Waals surface area contributed by atoms with Gasteiger partial charge in [-0.15, -0.1) is 10.2 Å². The van der Waals surface area contributed by atoms with E-state index in [4.69, 9.17) is 4.74 Å². The third-order valence-corrected chi connectivity index (χ3v) is 4.78. The van der Waals surface area contributed by atoms with Crippen LogP contribution in [0.2, 0.25) is 0 Å². The molecule has 0 aromatic carbocycles. The molecule has 1 atom stereocenters. The number of pyridine rings is 1. The Labute approximate surface area is 145 Å². The van der Waals surface area contributed by atoms with E-state index in [9.17, 15) is 4.79 Å². The predicted octanol–water partition coefficient (Wildman–Crippen LogP) is 1.30. The lowest BCUT2D eigenvalue weighted by molar-refractivity contribution is -0.119. The number of nitrogens with zero attached hydrogens (tertiary/aromatic N) is 4. The first-order valence-electron chi connectivity index (χ1n) is 8.10. The van der Waals surface area contributed by atoms with Crippen molar-refractivity contribution in [3.63, 3.8) is 0 Å². The number of nitrogens with one attached hydrogen (secondary N) is 1. The molecule has 7 nitrogen and oxygen atoms in total. The highest BCUT2D eigenvalue weighted by Gasteiger charge is 2.16. The minimum absolute atomic E-state index is 0.00484. The lowest BCUT2D eigenvalue weighted by Crippen LogP contribution is -2.32. The van der Waals surface area contributed by atoms with Crippen LogP contribution in [0.3, 0.4) is 0 Å². The Kier molecular flexibility index (Phi) is 6.20. The molecule has 3 heterocycles. The van der Waals surface area contributed by atoms with Crippen LogP contribution in [-0.4, -0.2) is 50.7 Å². The molecule has 0 spiro atoms. The van der Waals surface area contributed by atoms with Crippen molar-refractivity contribution in [2.24, 2.45) is 0 Å². The summed E-state index contributed by atoms with van der Waals surface area (Å²) >= 11 is 1.40. The van der Waals surface area contributed by atoms with E-state index >= 15 is 0 Å². The molecule has 128 valence electrons. The molecule has 1 fully saturated rings. The molecule has 1 unspecified atom stereocenters. The number of rotatable bonds is 8. The summed E-state index contributed by atoms with van der Waals surface area (Å²) in [5.41, 5.74) is 1.02. The molecule has 0 saturated carbocycles. The van der Waals surface area contributed by atoms with Gasteiger partial charge >= 0.3 is 0 Å². The maximum atomic E-state index is 11.9. The number of hydrogen-bond donors (Lipinski definition) is 1. The van der Waals surface area contributed by atoms with E-state index in [1.54, 1.807) is 12.5 Å². The van der Waals surface area contributed by atoms with Gasteiger partial charge < -0.3 is 14.6 Å². The molecule has 1 amide bonds. The number of ether oxygens (including phenoxy) is 1. The summed E-state index contributed by atoms with van der Waals surface area (Å²) in [7, 11) is 0. The second kappa shape index (κ2) is 8.79. The van der Waals surface area contributed by atoms with Crippen molar-refractivity contribution in [2.75, 3.05) is 18.9 Å². The van der Waals surface area contributed by atoms with Crippen molar-refractivity contribution in [1.82, 2.24) is 25.1 Å². The molecule has 0 aliphatic carbocycles. The second-order valence-electron chi connectivity index (χ2n) is 5.61. The molecule has 3 rings (SSSR count). The molecule has 2 aromatic rings. The standard InChI is InChI=1S/C16H21N5O2S/c22-15(18-10-14-5-3-9-23-14)11-24-16-20-19-12-21(16)8-6-13-4-1-2-7-17-13/h1-2,4,7,12,14H,3,5-6,8-11H2,(H,18,22). The van der Waals surface area contributed by atoms with Crippen LogP contribution >= 0.6 is 11.8 Å². The average molecular weight is 347 g/mol. The summed E-state index contributed by atoms with van der Waals surface area (Å²) in [6.07, 6.45) is 6.55. The Morgan fingerprint density at radius 3 is 3.21 bits per heavy atom. The Morgan fingerprint density at radius 2 is 2.42 bits per heavy atom. The van der Waals surface area contributed by atoms with Gasteiger partial charge in [-0.25, -0.2) is 0 Å². The topological polar surface area (TPSA) is 81.9 Å². The fraction of sp³-hybridized carbons (Fsp3) is 0.500. The number of carbonyl (C=O) groups is 1. The SMILES string of the molecule is O=C(CSc1nncn1CCc1ccccn1)NCC1CCCO1. The lowest BCUT2D eigenvalue weighted by atomic mass is 10.2. The molecule has 8 heteroatoms. The van der Waals surface area contributed by atoms with Crippen LogP contribution in [0.15, 0.2) is 35.9 Å². The largest absolute Gasteiger partial charge is 0.376 e. The van der Waals surface area contributed by atoms with Crippen LogP contribution in [0.1, 0.15) is 18.5 Å². The number of aromatic nitrogens is 4. The van der Waals surface area contributed by atoms with Gasteiger partial charge in [0.05, 0.1) is 11.9 Å². The fourth-order valence-electron chi connectivity index (χ4n) is 2.50. The van der Waals surface area contributed by atoms with Gasteiger partial charge in [0, 0.05) is 38.0 Å². The highest BCUT2D eigenvalue weighted by atomic mass is 32.2. The van der Waals surface area contributed by atoms with Gasteiger partial charge in [0.1, 0.15) is 6.33 Å². The van der Waals surface area contributed by atoms with Crippen molar-refractivity contribution in [3.8, 4) is 0 Å². The Morgan fingerprint density at radius 1 is 1.46 bits per heavy atom. The van der Waals surface area contributed by atoms with Crippen LogP contribution in [-0.2, 0) is 22.5 Å². The minimum atomic E-state index is -0.00484. The maximum absolute atomic E-state index is 11.9. The Bertz CT molecular complexity index is 643. The molecule has 2 aromatic heterocycles. The lowest BCUT2D eigenvalue weighted by Gasteiger charge is -2.10. The summed E-state index contributed by atoms with van der Waals surface area (Å²) < 4.78 is 7.44. The van der Waals surface area contributed by atoms with E-state index in [0.717, 1.165) is 43.3 Å². The van der Waals surface area contributed by atoms with Crippen LogP contribution < -0.4 is 5.32 Å². The summed E-state index contributed by atoms with van der Waals surface area (Å²) in [6, 6.07) is 5.87. The zero-order chi connectivity index (χ0) is 16.6.